The van der Waals surface area contributed by atoms with Crippen LogP contribution < -0.4 is 0 Å². The monoisotopic (exact) mass is 171 g/mol. The summed E-state index contributed by atoms with van der Waals surface area (Å²) in [6.45, 7) is 0. The smallest absolute Gasteiger partial charge is 0.235 e. The lowest BCUT2D eigenvalue weighted by Gasteiger charge is -1.98. The number of benzene rings is 1. The van der Waals surface area contributed by atoms with Crippen LogP contribution in [0.5, 0.6) is 11.5 Å². The van der Waals surface area contributed by atoms with E-state index in [1.807, 2.05) is 0 Å². The van der Waals surface area contributed by atoms with Crippen LogP contribution >= 0.6 is 11.6 Å². The second-order valence-corrected chi connectivity index (χ2v) is 2.33. The number of hydrogen-bond acceptors (Lipinski definition) is 3. The van der Waals surface area contributed by atoms with Crippen LogP contribution in [0.1, 0.15) is 5.56 Å². The minimum Gasteiger partial charge on any atom is -0.504 e. The second-order valence-electron chi connectivity index (χ2n) is 1.92. The van der Waals surface area contributed by atoms with Gasteiger partial charge in [0.25, 0.3) is 0 Å². The Kier molecular flexibility index (Phi) is 2.01. The summed E-state index contributed by atoms with van der Waals surface area (Å²) in [7, 11) is 0. The lowest BCUT2D eigenvalue weighted by molar-refractivity contribution is 0.403. The molecule has 1 aromatic carbocycles. The standard InChI is InChI=1S/C7H4ClO3/c8-5-2-7(11)6(10)1-4(5)3-9/h1-2,10-11H. The summed E-state index contributed by atoms with van der Waals surface area (Å²) >= 11 is 5.47. The zero-order valence-corrected chi connectivity index (χ0v) is 6.09. The van der Waals surface area contributed by atoms with Crippen LogP contribution in [0.3, 0.4) is 0 Å². The van der Waals surface area contributed by atoms with Gasteiger partial charge in [0.1, 0.15) is 0 Å². The van der Waals surface area contributed by atoms with Gasteiger partial charge in [-0.2, -0.15) is 0 Å². The normalized spacial score (nSPS) is 9.55. The van der Waals surface area contributed by atoms with Crippen molar-refractivity contribution in [2.24, 2.45) is 0 Å². The van der Waals surface area contributed by atoms with Crippen LogP contribution in [0.2, 0.25) is 5.02 Å². The van der Waals surface area contributed by atoms with Gasteiger partial charge in [-0.25, -0.2) is 0 Å². The Hall–Kier alpha value is -1.22. The van der Waals surface area contributed by atoms with E-state index in [2.05, 4.69) is 0 Å². The average molecular weight is 172 g/mol. The van der Waals surface area contributed by atoms with Crippen LogP contribution in [0.15, 0.2) is 12.1 Å². The van der Waals surface area contributed by atoms with E-state index in [0.717, 1.165) is 12.1 Å². The largest absolute Gasteiger partial charge is 0.504 e. The number of phenolic OH excluding ortho intramolecular Hbond substituents is 2. The highest BCUT2D eigenvalue weighted by Crippen LogP contribution is 2.29. The Morgan fingerprint density at radius 1 is 1.27 bits per heavy atom. The topological polar surface area (TPSA) is 57.5 Å². The molecule has 0 saturated carbocycles. The van der Waals surface area contributed by atoms with Crippen LogP contribution in [0.4, 0.5) is 0 Å². The first-order valence-corrected chi connectivity index (χ1v) is 3.12. The lowest BCUT2D eigenvalue weighted by atomic mass is 10.2. The van der Waals surface area contributed by atoms with E-state index >= 15 is 0 Å². The molecule has 0 fully saturated rings. The van der Waals surface area contributed by atoms with E-state index in [-0.39, 0.29) is 22.1 Å². The minimum absolute atomic E-state index is 0.0296. The van der Waals surface area contributed by atoms with Crippen LogP contribution in [0, 0.1) is 0 Å². The van der Waals surface area contributed by atoms with Crippen LogP contribution in [0.25, 0.3) is 0 Å². The zero-order valence-electron chi connectivity index (χ0n) is 5.34. The molecule has 2 N–H and O–H groups in total. The maximum Gasteiger partial charge on any atom is 0.235 e. The fraction of sp³-hybridized carbons (Fsp3) is 0. The molecule has 0 unspecified atom stereocenters. The molecule has 0 bridgehead atoms. The number of hydrogen-bond donors (Lipinski definition) is 2. The van der Waals surface area contributed by atoms with Gasteiger partial charge in [0.2, 0.25) is 6.29 Å². The molecule has 1 aromatic rings. The van der Waals surface area contributed by atoms with E-state index in [0.29, 0.717) is 0 Å². The van der Waals surface area contributed by atoms with Crippen molar-refractivity contribution in [1.29, 1.82) is 0 Å². The number of rotatable bonds is 1. The highest BCUT2D eigenvalue weighted by Gasteiger charge is 2.05. The summed E-state index contributed by atoms with van der Waals surface area (Å²) in [6, 6.07) is 2.13. The number of aromatic hydroxyl groups is 2. The molecule has 0 amide bonds. The number of halogens is 1. The maximum atomic E-state index is 10.1. The predicted octanol–water partition coefficient (Wildman–Crippen LogP) is 1.21. The average Bonchev–Trinajstić information content (AvgIpc) is 1.97. The molecule has 11 heavy (non-hydrogen) atoms. The first-order valence-electron chi connectivity index (χ1n) is 2.75. The highest BCUT2D eigenvalue weighted by atomic mass is 35.5. The van der Waals surface area contributed by atoms with Crippen molar-refractivity contribution < 1.29 is 15.0 Å². The molecule has 0 aromatic heterocycles. The fourth-order valence-corrected chi connectivity index (χ4v) is 0.826. The van der Waals surface area contributed by atoms with E-state index < -0.39 is 0 Å². The number of phenols is 2. The molecule has 0 spiro atoms. The summed E-state index contributed by atoms with van der Waals surface area (Å²) in [4.78, 5) is 10.1. The molecule has 1 rings (SSSR count). The first-order chi connectivity index (χ1) is 5.15. The van der Waals surface area contributed by atoms with Crippen LogP contribution in [-0.4, -0.2) is 16.5 Å². The van der Waals surface area contributed by atoms with Gasteiger partial charge in [-0.1, -0.05) is 11.6 Å². The van der Waals surface area contributed by atoms with E-state index in [9.17, 15) is 4.79 Å². The predicted molar refractivity (Wildman–Crippen MR) is 39.6 cm³/mol. The molecular weight excluding hydrogens is 168 g/mol. The zero-order chi connectivity index (χ0) is 8.43. The van der Waals surface area contributed by atoms with Gasteiger partial charge in [-0.05, 0) is 6.07 Å². The fourth-order valence-electron chi connectivity index (χ4n) is 0.630. The van der Waals surface area contributed by atoms with Gasteiger partial charge in [0, 0.05) is 11.6 Å². The Morgan fingerprint density at radius 2 is 1.82 bits per heavy atom. The van der Waals surface area contributed by atoms with Gasteiger partial charge < -0.3 is 10.2 Å². The molecule has 1 radical (unpaired) electrons. The van der Waals surface area contributed by atoms with Crippen molar-refractivity contribution in [3.05, 3.63) is 22.7 Å². The van der Waals surface area contributed by atoms with Crippen molar-refractivity contribution in [1.82, 2.24) is 0 Å². The summed E-state index contributed by atoms with van der Waals surface area (Å²) in [6.07, 6.45) is 1.51. The van der Waals surface area contributed by atoms with E-state index in [4.69, 9.17) is 21.8 Å². The Labute approximate surface area is 67.8 Å². The molecule has 4 heteroatoms. The van der Waals surface area contributed by atoms with Crippen LogP contribution in [-0.2, 0) is 4.79 Å². The van der Waals surface area contributed by atoms with E-state index in [1.54, 1.807) is 0 Å². The second kappa shape index (κ2) is 2.80. The molecule has 3 nitrogen and oxygen atoms in total. The van der Waals surface area contributed by atoms with Gasteiger partial charge in [-0.3, -0.25) is 4.79 Å². The minimum atomic E-state index is -0.382. The summed E-state index contributed by atoms with van der Waals surface area (Å²) < 4.78 is 0. The molecule has 0 saturated heterocycles. The molecule has 0 heterocycles. The quantitative estimate of drug-likeness (QED) is 0.625. The highest BCUT2D eigenvalue weighted by molar-refractivity contribution is 6.33. The Bertz CT molecular complexity index is 296. The van der Waals surface area contributed by atoms with Gasteiger partial charge in [0.15, 0.2) is 11.5 Å². The number of carbonyl (C=O) groups excluding carboxylic acids is 1. The molecule has 0 atom stereocenters. The van der Waals surface area contributed by atoms with Gasteiger partial charge in [0.05, 0.1) is 5.02 Å². The maximum absolute atomic E-state index is 10.1. The molecule has 0 aliphatic carbocycles. The van der Waals surface area contributed by atoms with Crippen molar-refractivity contribution in [2.75, 3.05) is 0 Å². The third kappa shape index (κ3) is 1.43. The molecule has 0 aliphatic rings. The van der Waals surface area contributed by atoms with Crippen molar-refractivity contribution in [3.63, 3.8) is 0 Å². The summed E-state index contributed by atoms with van der Waals surface area (Å²) in [5.41, 5.74) is 0.0296. The third-order valence-corrected chi connectivity index (χ3v) is 1.49. The third-order valence-electron chi connectivity index (χ3n) is 1.17. The molecule has 57 valence electrons. The van der Waals surface area contributed by atoms with Crippen molar-refractivity contribution in [2.45, 2.75) is 0 Å². The lowest BCUT2D eigenvalue weighted by Crippen LogP contribution is -1.81. The first kappa shape index (κ1) is 7.88. The van der Waals surface area contributed by atoms with E-state index in [1.165, 1.54) is 6.29 Å². The molecular formula is C7H4ClO3. The summed E-state index contributed by atoms with van der Waals surface area (Å²) in [5.74, 6) is -0.734. The Balaban J connectivity index is 3.31. The Morgan fingerprint density at radius 3 is 2.36 bits per heavy atom. The SMILES string of the molecule is O=[C]c1cc(O)c(O)cc1Cl. The van der Waals surface area contributed by atoms with Crippen molar-refractivity contribution >= 4 is 17.9 Å². The summed E-state index contributed by atoms with van der Waals surface area (Å²) in [5, 5.41) is 17.8. The van der Waals surface area contributed by atoms with Gasteiger partial charge >= 0.3 is 0 Å². The van der Waals surface area contributed by atoms with Crippen molar-refractivity contribution in [3.8, 4) is 11.5 Å². The molecule has 0 aliphatic heterocycles. The van der Waals surface area contributed by atoms with Gasteiger partial charge in [-0.15, -0.1) is 0 Å².